The van der Waals surface area contributed by atoms with Crippen LogP contribution in [0.2, 0.25) is 5.02 Å². The first-order valence-electron chi connectivity index (χ1n) is 4.52. The lowest BCUT2D eigenvalue weighted by molar-refractivity contribution is -0.140. The number of nitrogen functional groups attached to an aromatic ring is 1. The van der Waals surface area contributed by atoms with Gasteiger partial charge in [0.1, 0.15) is 0 Å². The van der Waals surface area contributed by atoms with Crippen LogP contribution in [0.15, 0.2) is 18.2 Å². The van der Waals surface area contributed by atoms with Gasteiger partial charge < -0.3 is 16.2 Å². The summed E-state index contributed by atoms with van der Waals surface area (Å²) in [5.41, 5.74) is 6.90. The molecular formula is C10H13ClN2O2. The molecule has 82 valence electrons. The lowest BCUT2D eigenvalue weighted by Gasteiger charge is -2.11. The van der Waals surface area contributed by atoms with Crippen molar-refractivity contribution < 1.29 is 9.90 Å². The third-order valence-corrected chi connectivity index (χ3v) is 2.27. The number of hydrogen-bond acceptors (Lipinski definition) is 3. The van der Waals surface area contributed by atoms with E-state index in [0.717, 1.165) is 0 Å². The van der Waals surface area contributed by atoms with Crippen LogP contribution in [0, 0.1) is 5.92 Å². The average Bonchev–Trinajstić information content (AvgIpc) is 2.18. The predicted molar refractivity (Wildman–Crippen MR) is 61.2 cm³/mol. The number of carbonyl (C=O) groups is 1. The Kier molecular flexibility index (Phi) is 3.80. The molecule has 4 N–H and O–H groups in total. The van der Waals surface area contributed by atoms with Gasteiger partial charge in [-0.15, -0.1) is 0 Å². The van der Waals surface area contributed by atoms with E-state index in [9.17, 15) is 4.79 Å². The highest BCUT2D eigenvalue weighted by atomic mass is 35.5. The molecule has 0 saturated carbocycles. The molecule has 0 saturated heterocycles. The predicted octanol–water partition coefficient (Wildman–Crippen LogP) is 2.05. The van der Waals surface area contributed by atoms with Gasteiger partial charge in [-0.25, -0.2) is 0 Å². The Balaban J connectivity index is 2.65. The molecule has 5 heteroatoms. The minimum atomic E-state index is -0.844. The van der Waals surface area contributed by atoms with Crippen LogP contribution < -0.4 is 11.1 Å². The van der Waals surface area contributed by atoms with Gasteiger partial charge in [0.25, 0.3) is 0 Å². The molecule has 0 amide bonds. The highest BCUT2D eigenvalue weighted by Crippen LogP contribution is 2.22. The number of carboxylic acids is 1. The van der Waals surface area contributed by atoms with E-state index >= 15 is 0 Å². The maximum Gasteiger partial charge on any atom is 0.308 e. The van der Waals surface area contributed by atoms with Crippen molar-refractivity contribution in [2.45, 2.75) is 6.92 Å². The van der Waals surface area contributed by atoms with Crippen LogP contribution in [0.3, 0.4) is 0 Å². The molecule has 1 unspecified atom stereocenters. The van der Waals surface area contributed by atoms with Crippen molar-refractivity contribution in [2.24, 2.45) is 5.92 Å². The second-order valence-corrected chi connectivity index (χ2v) is 3.79. The molecule has 0 heterocycles. The van der Waals surface area contributed by atoms with Crippen LogP contribution in [0.25, 0.3) is 0 Å². The number of benzene rings is 1. The summed E-state index contributed by atoms with van der Waals surface area (Å²) < 4.78 is 0. The van der Waals surface area contributed by atoms with Gasteiger partial charge in [-0.2, -0.15) is 0 Å². The molecule has 4 nitrogen and oxygen atoms in total. The van der Waals surface area contributed by atoms with Crippen molar-refractivity contribution in [3.8, 4) is 0 Å². The summed E-state index contributed by atoms with van der Waals surface area (Å²) in [6, 6.07) is 5.03. The topological polar surface area (TPSA) is 75.3 Å². The number of rotatable bonds is 4. The Morgan fingerprint density at radius 3 is 2.93 bits per heavy atom. The van der Waals surface area contributed by atoms with Gasteiger partial charge in [0.05, 0.1) is 17.3 Å². The lowest BCUT2D eigenvalue weighted by atomic mass is 10.2. The van der Waals surface area contributed by atoms with Gasteiger partial charge in [0.15, 0.2) is 0 Å². The third-order valence-electron chi connectivity index (χ3n) is 2.04. The molecule has 0 bridgehead atoms. The molecule has 1 aromatic rings. The number of aliphatic carboxylic acids is 1. The van der Waals surface area contributed by atoms with Crippen LogP contribution in [0.1, 0.15) is 6.92 Å². The zero-order valence-corrected chi connectivity index (χ0v) is 9.08. The second kappa shape index (κ2) is 4.89. The fourth-order valence-corrected chi connectivity index (χ4v) is 1.20. The number of carboxylic acid groups (broad SMARTS) is 1. The summed E-state index contributed by atoms with van der Waals surface area (Å²) in [5.74, 6) is -1.31. The highest BCUT2D eigenvalue weighted by molar-refractivity contribution is 6.31. The zero-order chi connectivity index (χ0) is 11.4. The van der Waals surface area contributed by atoms with Crippen LogP contribution in [-0.4, -0.2) is 17.6 Å². The highest BCUT2D eigenvalue weighted by Gasteiger charge is 2.10. The molecular weight excluding hydrogens is 216 g/mol. The van der Waals surface area contributed by atoms with E-state index in [1.807, 2.05) is 0 Å². The van der Waals surface area contributed by atoms with Crippen molar-refractivity contribution >= 4 is 28.9 Å². The van der Waals surface area contributed by atoms with Crippen LogP contribution in [0.5, 0.6) is 0 Å². The molecule has 0 fully saturated rings. The van der Waals surface area contributed by atoms with E-state index in [4.69, 9.17) is 22.4 Å². The molecule has 0 radical (unpaired) electrons. The molecule has 1 aromatic carbocycles. The van der Waals surface area contributed by atoms with E-state index in [0.29, 0.717) is 22.9 Å². The molecule has 0 aliphatic heterocycles. The third kappa shape index (κ3) is 3.32. The Bertz CT molecular complexity index is 368. The fraction of sp³-hybridized carbons (Fsp3) is 0.300. The minimum absolute atomic E-state index is 0.319. The summed E-state index contributed by atoms with van der Waals surface area (Å²) in [7, 11) is 0. The Hall–Kier alpha value is -1.42. The summed E-state index contributed by atoms with van der Waals surface area (Å²) >= 11 is 5.78. The van der Waals surface area contributed by atoms with Crippen LogP contribution in [-0.2, 0) is 4.79 Å². The number of anilines is 2. The Labute approximate surface area is 93.0 Å². The number of hydrogen-bond donors (Lipinski definition) is 3. The number of halogens is 1. The van der Waals surface area contributed by atoms with Crippen molar-refractivity contribution in [1.82, 2.24) is 0 Å². The maximum absolute atomic E-state index is 10.6. The second-order valence-electron chi connectivity index (χ2n) is 3.35. The van der Waals surface area contributed by atoms with Crippen molar-refractivity contribution in [3.63, 3.8) is 0 Å². The number of nitrogens with two attached hydrogens (primary N) is 1. The summed E-state index contributed by atoms with van der Waals surface area (Å²) in [6.45, 7) is 1.94. The maximum atomic E-state index is 10.6. The van der Waals surface area contributed by atoms with E-state index in [1.54, 1.807) is 25.1 Å². The van der Waals surface area contributed by atoms with E-state index in [-0.39, 0.29) is 0 Å². The standard InChI is InChI=1S/C10H13ClN2O2/c1-6(10(14)15)5-13-9-4-7(11)2-3-8(9)12/h2-4,6,13H,5,12H2,1H3,(H,14,15). The fourth-order valence-electron chi connectivity index (χ4n) is 1.03. The molecule has 0 aliphatic carbocycles. The molecule has 1 atom stereocenters. The van der Waals surface area contributed by atoms with Gasteiger partial charge in [0, 0.05) is 11.6 Å². The molecule has 0 aliphatic rings. The van der Waals surface area contributed by atoms with E-state index < -0.39 is 11.9 Å². The first-order chi connectivity index (χ1) is 7.00. The largest absolute Gasteiger partial charge is 0.481 e. The Morgan fingerprint density at radius 1 is 1.67 bits per heavy atom. The zero-order valence-electron chi connectivity index (χ0n) is 8.33. The normalized spacial score (nSPS) is 12.1. The van der Waals surface area contributed by atoms with Crippen molar-refractivity contribution in [3.05, 3.63) is 23.2 Å². The van der Waals surface area contributed by atoms with Gasteiger partial charge >= 0.3 is 5.97 Å². The Morgan fingerprint density at radius 2 is 2.33 bits per heavy atom. The minimum Gasteiger partial charge on any atom is -0.481 e. The van der Waals surface area contributed by atoms with Gasteiger partial charge in [-0.1, -0.05) is 18.5 Å². The van der Waals surface area contributed by atoms with E-state index in [1.165, 1.54) is 0 Å². The SMILES string of the molecule is CC(CNc1cc(Cl)ccc1N)C(=O)O. The van der Waals surface area contributed by atoms with Crippen LogP contribution in [0.4, 0.5) is 11.4 Å². The van der Waals surface area contributed by atoms with Gasteiger partial charge in [0.2, 0.25) is 0 Å². The summed E-state index contributed by atoms with van der Waals surface area (Å²) in [6.07, 6.45) is 0. The number of nitrogens with one attached hydrogen (secondary N) is 1. The smallest absolute Gasteiger partial charge is 0.308 e. The summed E-state index contributed by atoms with van der Waals surface area (Å²) in [4.78, 5) is 10.6. The molecule has 15 heavy (non-hydrogen) atoms. The monoisotopic (exact) mass is 228 g/mol. The van der Waals surface area contributed by atoms with Crippen LogP contribution >= 0.6 is 11.6 Å². The van der Waals surface area contributed by atoms with Gasteiger partial charge in [-0.05, 0) is 18.2 Å². The average molecular weight is 229 g/mol. The molecule has 1 rings (SSSR count). The quantitative estimate of drug-likeness (QED) is 0.690. The van der Waals surface area contributed by atoms with Crippen molar-refractivity contribution in [1.29, 1.82) is 0 Å². The first kappa shape index (κ1) is 11.7. The lowest BCUT2D eigenvalue weighted by Crippen LogP contribution is -2.20. The van der Waals surface area contributed by atoms with Gasteiger partial charge in [-0.3, -0.25) is 4.79 Å². The summed E-state index contributed by atoms with van der Waals surface area (Å²) in [5, 5.41) is 12.2. The molecule has 0 spiro atoms. The van der Waals surface area contributed by atoms with E-state index in [2.05, 4.69) is 5.32 Å². The molecule has 0 aromatic heterocycles. The van der Waals surface area contributed by atoms with Crippen molar-refractivity contribution in [2.75, 3.05) is 17.6 Å². The first-order valence-corrected chi connectivity index (χ1v) is 4.90.